The van der Waals surface area contributed by atoms with Gasteiger partial charge in [0.2, 0.25) is 5.91 Å². The van der Waals surface area contributed by atoms with Gasteiger partial charge in [-0.05, 0) is 31.9 Å². The summed E-state index contributed by atoms with van der Waals surface area (Å²) in [5.41, 5.74) is 0.906. The molecule has 0 unspecified atom stereocenters. The zero-order valence-corrected chi connectivity index (χ0v) is 15.4. The van der Waals surface area contributed by atoms with Crippen molar-refractivity contribution in [3.8, 4) is 11.5 Å². The van der Waals surface area contributed by atoms with Crippen LogP contribution in [0.25, 0.3) is 0 Å². The fraction of sp³-hybridized carbons (Fsp3) is 0.579. The molecule has 1 fully saturated rings. The molecule has 2 heterocycles. The number of anilines is 1. The number of amides is 1. The maximum Gasteiger partial charge on any atom is 0.222 e. The van der Waals surface area contributed by atoms with Crippen molar-refractivity contribution >= 4 is 17.6 Å². The molecular formula is C19H28N4O3. The first-order valence-corrected chi connectivity index (χ1v) is 9.49. The van der Waals surface area contributed by atoms with Crippen LogP contribution in [-0.4, -0.2) is 56.2 Å². The summed E-state index contributed by atoms with van der Waals surface area (Å²) in [4.78, 5) is 18.2. The van der Waals surface area contributed by atoms with Crippen LogP contribution < -0.4 is 20.1 Å². The third-order valence-corrected chi connectivity index (χ3v) is 4.38. The summed E-state index contributed by atoms with van der Waals surface area (Å²) < 4.78 is 11.4. The predicted octanol–water partition coefficient (Wildman–Crippen LogP) is 2.24. The van der Waals surface area contributed by atoms with Crippen molar-refractivity contribution in [3.05, 3.63) is 18.2 Å². The Hall–Kier alpha value is -2.44. The summed E-state index contributed by atoms with van der Waals surface area (Å²) in [7, 11) is 0. The van der Waals surface area contributed by atoms with Gasteiger partial charge in [0.25, 0.3) is 0 Å². The fourth-order valence-electron chi connectivity index (χ4n) is 3.08. The second-order valence-corrected chi connectivity index (χ2v) is 6.44. The van der Waals surface area contributed by atoms with Gasteiger partial charge in [-0.3, -0.25) is 9.79 Å². The molecule has 2 aliphatic rings. The van der Waals surface area contributed by atoms with Gasteiger partial charge in [-0.2, -0.15) is 0 Å². The Labute approximate surface area is 154 Å². The summed E-state index contributed by atoms with van der Waals surface area (Å²) in [5.74, 6) is 2.54. The maximum atomic E-state index is 11.6. The SMILES string of the molecule is CCNC(=NCCCN1CCCC1=O)Nc1ccc2c(c1)OCCCO2. The molecule has 1 saturated heterocycles. The number of carbonyl (C=O) groups excluding carboxylic acids is 1. The first kappa shape index (κ1) is 18.4. The highest BCUT2D eigenvalue weighted by Crippen LogP contribution is 2.32. The molecule has 1 amide bonds. The summed E-state index contributed by atoms with van der Waals surface area (Å²) in [6.07, 6.45) is 3.43. The molecule has 7 nitrogen and oxygen atoms in total. The zero-order chi connectivity index (χ0) is 18.2. The minimum atomic E-state index is 0.270. The van der Waals surface area contributed by atoms with E-state index < -0.39 is 0 Å². The second kappa shape index (κ2) is 9.31. The van der Waals surface area contributed by atoms with Crippen LogP contribution in [-0.2, 0) is 4.79 Å². The molecular weight excluding hydrogens is 332 g/mol. The Morgan fingerprint density at radius 1 is 1.23 bits per heavy atom. The molecule has 26 heavy (non-hydrogen) atoms. The van der Waals surface area contributed by atoms with Gasteiger partial charge in [-0.1, -0.05) is 0 Å². The number of guanidine groups is 1. The van der Waals surface area contributed by atoms with Crippen LogP contribution in [0.3, 0.4) is 0 Å². The van der Waals surface area contributed by atoms with E-state index in [9.17, 15) is 4.79 Å². The van der Waals surface area contributed by atoms with Crippen LogP contribution >= 0.6 is 0 Å². The highest BCUT2D eigenvalue weighted by molar-refractivity contribution is 5.93. The first-order valence-electron chi connectivity index (χ1n) is 9.49. The molecule has 3 rings (SSSR count). The molecule has 0 spiro atoms. The van der Waals surface area contributed by atoms with E-state index in [2.05, 4.69) is 15.6 Å². The van der Waals surface area contributed by atoms with Crippen LogP contribution in [0.2, 0.25) is 0 Å². The number of rotatable bonds is 6. The summed E-state index contributed by atoms with van der Waals surface area (Å²) in [5, 5.41) is 6.56. The predicted molar refractivity (Wildman–Crippen MR) is 102 cm³/mol. The number of aliphatic imine (C=N–C) groups is 1. The number of likely N-dealkylation sites (tertiary alicyclic amines) is 1. The average molecular weight is 360 g/mol. The molecule has 1 aromatic carbocycles. The lowest BCUT2D eigenvalue weighted by molar-refractivity contribution is -0.127. The van der Waals surface area contributed by atoms with Crippen molar-refractivity contribution < 1.29 is 14.3 Å². The molecule has 0 saturated carbocycles. The van der Waals surface area contributed by atoms with Crippen LogP contribution in [0.5, 0.6) is 11.5 Å². The van der Waals surface area contributed by atoms with Gasteiger partial charge in [0, 0.05) is 50.8 Å². The lowest BCUT2D eigenvalue weighted by atomic mass is 10.3. The number of ether oxygens (including phenoxy) is 2. The fourth-order valence-corrected chi connectivity index (χ4v) is 3.08. The lowest BCUT2D eigenvalue weighted by Gasteiger charge is -2.15. The topological polar surface area (TPSA) is 75.2 Å². The third kappa shape index (κ3) is 5.03. The van der Waals surface area contributed by atoms with E-state index in [1.165, 1.54) is 0 Å². The van der Waals surface area contributed by atoms with Crippen molar-refractivity contribution in [2.75, 3.05) is 44.7 Å². The number of carbonyl (C=O) groups is 1. The van der Waals surface area contributed by atoms with Crippen molar-refractivity contribution in [1.82, 2.24) is 10.2 Å². The largest absolute Gasteiger partial charge is 0.490 e. The molecule has 0 radical (unpaired) electrons. The van der Waals surface area contributed by atoms with Crippen molar-refractivity contribution in [3.63, 3.8) is 0 Å². The Kier molecular flexibility index (Phi) is 6.57. The van der Waals surface area contributed by atoms with Gasteiger partial charge < -0.3 is 25.0 Å². The van der Waals surface area contributed by atoms with Gasteiger partial charge in [-0.25, -0.2) is 0 Å². The average Bonchev–Trinajstić information content (AvgIpc) is 2.90. The molecule has 0 atom stereocenters. The van der Waals surface area contributed by atoms with E-state index in [-0.39, 0.29) is 5.91 Å². The van der Waals surface area contributed by atoms with Gasteiger partial charge in [-0.15, -0.1) is 0 Å². The van der Waals surface area contributed by atoms with Crippen molar-refractivity contribution in [2.45, 2.75) is 32.6 Å². The highest BCUT2D eigenvalue weighted by atomic mass is 16.5. The zero-order valence-electron chi connectivity index (χ0n) is 15.4. The number of benzene rings is 1. The quantitative estimate of drug-likeness (QED) is 0.462. The minimum absolute atomic E-state index is 0.270. The van der Waals surface area contributed by atoms with Crippen molar-refractivity contribution in [2.24, 2.45) is 4.99 Å². The Bertz CT molecular complexity index is 648. The molecule has 7 heteroatoms. The molecule has 0 aromatic heterocycles. The monoisotopic (exact) mass is 360 g/mol. The van der Waals surface area contributed by atoms with E-state index >= 15 is 0 Å². The van der Waals surface area contributed by atoms with Crippen LogP contribution in [0.1, 0.15) is 32.6 Å². The molecule has 2 aliphatic heterocycles. The molecule has 0 bridgehead atoms. The highest BCUT2D eigenvalue weighted by Gasteiger charge is 2.18. The molecule has 142 valence electrons. The normalized spacial score (nSPS) is 17.2. The van der Waals surface area contributed by atoms with Gasteiger partial charge in [0.05, 0.1) is 13.2 Å². The number of hydrogen-bond donors (Lipinski definition) is 2. The van der Waals surface area contributed by atoms with Crippen LogP contribution in [0.15, 0.2) is 23.2 Å². The van der Waals surface area contributed by atoms with E-state index in [0.29, 0.717) is 26.2 Å². The van der Waals surface area contributed by atoms with Gasteiger partial charge in [0.1, 0.15) is 0 Å². The van der Waals surface area contributed by atoms with E-state index in [1.807, 2.05) is 30.0 Å². The standard InChI is InChI=1S/C19H28N4O3/c1-2-20-19(21-9-4-11-23-10-3-6-18(23)24)22-15-7-8-16-17(14-15)26-13-5-12-25-16/h7-8,14H,2-6,9-13H2,1H3,(H2,20,21,22). The molecule has 0 aliphatic carbocycles. The number of hydrogen-bond acceptors (Lipinski definition) is 4. The van der Waals surface area contributed by atoms with E-state index in [1.54, 1.807) is 0 Å². The van der Waals surface area contributed by atoms with E-state index in [0.717, 1.165) is 62.0 Å². The number of nitrogens with one attached hydrogen (secondary N) is 2. The summed E-state index contributed by atoms with van der Waals surface area (Å²) in [6, 6.07) is 5.82. The maximum absolute atomic E-state index is 11.6. The molecule has 1 aromatic rings. The van der Waals surface area contributed by atoms with Crippen LogP contribution in [0.4, 0.5) is 5.69 Å². The van der Waals surface area contributed by atoms with Crippen molar-refractivity contribution in [1.29, 1.82) is 0 Å². The Balaban J connectivity index is 1.55. The Morgan fingerprint density at radius 3 is 2.85 bits per heavy atom. The second-order valence-electron chi connectivity index (χ2n) is 6.44. The third-order valence-electron chi connectivity index (χ3n) is 4.38. The Morgan fingerprint density at radius 2 is 2.08 bits per heavy atom. The number of fused-ring (bicyclic) bond motifs is 1. The lowest BCUT2D eigenvalue weighted by Crippen LogP contribution is -2.31. The van der Waals surface area contributed by atoms with Gasteiger partial charge in [0.15, 0.2) is 17.5 Å². The summed E-state index contributed by atoms with van der Waals surface area (Å²) in [6.45, 7) is 6.51. The van der Waals surface area contributed by atoms with E-state index in [4.69, 9.17) is 9.47 Å². The number of nitrogens with zero attached hydrogens (tertiary/aromatic N) is 2. The minimum Gasteiger partial charge on any atom is -0.490 e. The smallest absolute Gasteiger partial charge is 0.222 e. The first-order chi connectivity index (χ1) is 12.8. The summed E-state index contributed by atoms with van der Waals surface area (Å²) >= 11 is 0. The molecule has 2 N–H and O–H groups in total. The van der Waals surface area contributed by atoms with Crippen LogP contribution in [0, 0.1) is 0 Å². The van der Waals surface area contributed by atoms with Gasteiger partial charge >= 0.3 is 0 Å².